The number of allylic oxidation sites excluding steroid dienone is 1. The van der Waals surface area contributed by atoms with Gasteiger partial charge in [0, 0.05) is 20.0 Å². The van der Waals surface area contributed by atoms with E-state index in [-0.39, 0.29) is 5.78 Å². The molecule has 0 atom stereocenters. The quantitative estimate of drug-likeness (QED) is 0.411. The third-order valence-corrected chi connectivity index (χ3v) is 2.70. The Morgan fingerprint density at radius 3 is 2.82 bits per heavy atom. The zero-order chi connectivity index (χ0) is 12.7. The number of ketones is 1. The maximum atomic E-state index is 11.4. The predicted molar refractivity (Wildman–Crippen MR) is 71.6 cm³/mol. The zero-order valence-corrected chi connectivity index (χ0v) is 10.6. The summed E-state index contributed by atoms with van der Waals surface area (Å²) >= 11 is 0. The van der Waals surface area contributed by atoms with Crippen LogP contribution in [0.5, 0.6) is 0 Å². The van der Waals surface area contributed by atoms with Gasteiger partial charge in [-0.3, -0.25) is 9.78 Å². The molecule has 3 nitrogen and oxygen atoms in total. The average Bonchev–Trinajstić information content (AvgIpc) is 2.38. The number of hydrogen-bond acceptors (Lipinski definition) is 3. The third-order valence-electron chi connectivity index (χ3n) is 2.70. The highest BCUT2D eigenvalue weighted by molar-refractivity contribution is 5.94. The fourth-order valence-electron chi connectivity index (χ4n) is 1.56. The molecule has 0 spiro atoms. The molecule has 0 bridgehead atoms. The predicted octanol–water partition coefficient (Wildman–Crippen LogP) is 3.08. The second kappa shape index (κ2) is 6.84. The summed E-state index contributed by atoms with van der Waals surface area (Å²) in [5.41, 5.74) is 1.59. The minimum atomic E-state index is 0.0888. The van der Waals surface area contributed by atoms with E-state index < -0.39 is 0 Å². The number of hydrogen-bond donors (Lipinski definition) is 0. The van der Waals surface area contributed by atoms with Gasteiger partial charge in [-0.2, -0.15) is 0 Å². The summed E-state index contributed by atoms with van der Waals surface area (Å²) in [6.45, 7) is 6.52. The van der Waals surface area contributed by atoms with Crippen LogP contribution in [0.1, 0.15) is 36.7 Å². The van der Waals surface area contributed by atoms with Crippen molar-refractivity contribution in [2.75, 3.05) is 18.5 Å². The Balaban J connectivity index is 2.60. The minimum absolute atomic E-state index is 0.0888. The van der Waals surface area contributed by atoms with Gasteiger partial charge in [-0.15, -0.1) is 6.58 Å². The number of rotatable bonds is 7. The maximum absolute atomic E-state index is 11.4. The van der Waals surface area contributed by atoms with Crippen LogP contribution in [0.25, 0.3) is 0 Å². The molecule has 0 aliphatic carbocycles. The van der Waals surface area contributed by atoms with Gasteiger partial charge in [0.25, 0.3) is 0 Å². The van der Waals surface area contributed by atoms with Crippen molar-refractivity contribution in [1.82, 2.24) is 4.98 Å². The highest BCUT2D eigenvalue weighted by Gasteiger charge is 2.05. The summed E-state index contributed by atoms with van der Waals surface area (Å²) in [6, 6.07) is 3.75. The lowest BCUT2D eigenvalue weighted by Gasteiger charge is -2.18. The van der Waals surface area contributed by atoms with E-state index in [1.807, 2.05) is 26.1 Å². The van der Waals surface area contributed by atoms with Crippen molar-refractivity contribution in [1.29, 1.82) is 0 Å². The van der Waals surface area contributed by atoms with Crippen LogP contribution >= 0.6 is 0 Å². The number of carbonyl (C=O) groups is 1. The Morgan fingerprint density at radius 1 is 1.53 bits per heavy atom. The van der Waals surface area contributed by atoms with Crippen LogP contribution in [-0.4, -0.2) is 24.4 Å². The van der Waals surface area contributed by atoms with Crippen LogP contribution in [0.2, 0.25) is 0 Å². The van der Waals surface area contributed by atoms with Crippen LogP contribution in [0.4, 0.5) is 5.69 Å². The summed E-state index contributed by atoms with van der Waals surface area (Å²) in [4.78, 5) is 17.7. The van der Waals surface area contributed by atoms with Gasteiger partial charge < -0.3 is 4.90 Å². The molecule has 1 aromatic rings. The molecule has 17 heavy (non-hydrogen) atoms. The second-order valence-corrected chi connectivity index (χ2v) is 4.03. The van der Waals surface area contributed by atoms with E-state index in [9.17, 15) is 4.79 Å². The van der Waals surface area contributed by atoms with Gasteiger partial charge in [0.05, 0.1) is 11.9 Å². The van der Waals surface area contributed by atoms with E-state index in [2.05, 4.69) is 16.5 Å². The van der Waals surface area contributed by atoms with Crippen molar-refractivity contribution in [3.63, 3.8) is 0 Å². The molecular formula is C14H20N2O. The molecule has 0 fully saturated rings. The monoisotopic (exact) mass is 232 g/mol. The molecule has 0 saturated carbocycles. The Labute approximate surface area is 103 Å². The normalized spacial score (nSPS) is 10.0. The van der Waals surface area contributed by atoms with Gasteiger partial charge in [0.2, 0.25) is 0 Å². The first-order valence-corrected chi connectivity index (χ1v) is 6.00. The Hall–Kier alpha value is -1.64. The van der Waals surface area contributed by atoms with Crippen LogP contribution in [0, 0.1) is 0 Å². The maximum Gasteiger partial charge on any atom is 0.180 e. The van der Waals surface area contributed by atoms with E-state index in [0.29, 0.717) is 12.1 Å². The molecule has 0 unspecified atom stereocenters. The molecule has 0 N–H and O–H groups in total. The fraction of sp³-hybridized carbons (Fsp3) is 0.429. The summed E-state index contributed by atoms with van der Waals surface area (Å²) in [5.74, 6) is 0.0888. The number of unbranched alkanes of at least 4 members (excludes halogenated alkanes) is 1. The van der Waals surface area contributed by atoms with Crippen LogP contribution in [0.15, 0.2) is 31.0 Å². The molecule has 1 aromatic heterocycles. The van der Waals surface area contributed by atoms with E-state index >= 15 is 0 Å². The number of nitrogens with zero attached hydrogens (tertiary/aromatic N) is 2. The minimum Gasteiger partial charge on any atom is -0.373 e. The topological polar surface area (TPSA) is 33.2 Å². The van der Waals surface area contributed by atoms with Crippen LogP contribution in [-0.2, 0) is 0 Å². The first-order valence-electron chi connectivity index (χ1n) is 6.00. The molecule has 1 heterocycles. The largest absolute Gasteiger partial charge is 0.373 e. The third kappa shape index (κ3) is 4.02. The molecule has 0 saturated heterocycles. The van der Waals surface area contributed by atoms with Crippen molar-refractivity contribution in [2.24, 2.45) is 0 Å². The van der Waals surface area contributed by atoms with Crippen molar-refractivity contribution in [2.45, 2.75) is 26.2 Å². The Morgan fingerprint density at radius 2 is 2.29 bits per heavy atom. The van der Waals surface area contributed by atoms with E-state index in [4.69, 9.17) is 0 Å². The van der Waals surface area contributed by atoms with Gasteiger partial charge in [-0.25, -0.2) is 0 Å². The lowest BCUT2D eigenvalue weighted by atomic mass is 10.2. The average molecular weight is 232 g/mol. The second-order valence-electron chi connectivity index (χ2n) is 4.03. The smallest absolute Gasteiger partial charge is 0.180 e. The molecule has 0 aliphatic heterocycles. The van der Waals surface area contributed by atoms with E-state index in [0.717, 1.165) is 25.1 Å². The molecule has 1 rings (SSSR count). The molecule has 92 valence electrons. The summed E-state index contributed by atoms with van der Waals surface area (Å²) in [5, 5.41) is 0. The molecule has 3 heteroatoms. The molecule has 0 aromatic carbocycles. The lowest BCUT2D eigenvalue weighted by molar-refractivity contribution is 0.0983. The standard InChI is InChI=1S/C14H20N2O/c1-4-6-7-10-16(3)12-8-9-13(15-11-12)14(17)5-2/h4,8-9,11H,1,5-7,10H2,2-3H3. The first kappa shape index (κ1) is 13.4. The highest BCUT2D eigenvalue weighted by atomic mass is 16.1. The fourth-order valence-corrected chi connectivity index (χ4v) is 1.56. The summed E-state index contributed by atoms with van der Waals surface area (Å²) in [6.07, 6.45) is 6.28. The van der Waals surface area contributed by atoms with Gasteiger partial charge >= 0.3 is 0 Å². The summed E-state index contributed by atoms with van der Waals surface area (Å²) in [7, 11) is 2.03. The Bertz CT molecular complexity index is 370. The number of anilines is 1. The van der Waals surface area contributed by atoms with Crippen molar-refractivity contribution in [3.8, 4) is 0 Å². The molecule has 0 amide bonds. The van der Waals surface area contributed by atoms with Crippen molar-refractivity contribution < 1.29 is 4.79 Å². The van der Waals surface area contributed by atoms with Gasteiger partial charge in [-0.05, 0) is 25.0 Å². The van der Waals surface area contributed by atoms with E-state index in [1.165, 1.54) is 0 Å². The zero-order valence-electron chi connectivity index (χ0n) is 10.6. The summed E-state index contributed by atoms with van der Waals surface area (Å²) < 4.78 is 0. The first-order chi connectivity index (χ1) is 8.19. The lowest BCUT2D eigenvalue weighted by Crippen LogP contribution is -2.18. The van der Waals surface area contributed by atoms with Crippen molar-refractivity contribution >= 4 is 11.5 Å². The number of Topliss-reactive ketones (excluding diaryl/α,β-unsaturated/α-hetero) is 1. The molecule has 0 aliphatic rings. The number of pyridine rings is 1. The number of carbonyl (C=O) groups excluding carboxylic acids is 1. The van der Waals surface area contributed by atoms with Gasteiger partial charge in [0.15, 0.2) is 5.78 Å². The molecule has 0 radical (unpaired) electrons. The number of aromatic nitrogens is 1. The SMILES string of the molecule is C=CCCCN(C)c1ccc(C(=O)CC)nc1. The van der Waals surface area contributed by atoms with Gasteiger partial charge in [0.1, 0.15) is 5.69 Å². The van der Waals surface area contributed by atoms with Crippen LogP contribution in [0.3, 0.4) is 0 Å². The van der Waals surface area contributed by atoms with E-state index in [1.54, 1.807) is 12.3 Å². The van der Waals surface area contributed by atoms with Crippen LogP contribution < -0.4 is 4.90 Å². The Kier molecular flexibility index (Phi) is 5.40. The van der Waals surface area contributed by atoms with Gasteiger partial charge in [-0.1, -0.05) is 13.0 Å². The molecular weight excluding hydrogens is 212 g/mol. The van der Waals surface area contributed by atoms with Crippen molar-refractivity contribution in [3.05, 3.63) is 36.7 Å². The highest BCUT2D eigenvalue weighted by Crippen LogP contribution is 2.12.